The number of nitrogens with zero attached hydrogens (tertiary/aromatic N) is 1. The second-order valence-corrected chi connectivity index (χ2v) is 8.89. The van der Waals surface area contributed by atoms with E-state index in [9.17, 15) is 9.59 Å². The third-order valence-corrected chi connectivity index (χ3v) is 6.16. The minimum atomic E-state index is -0.553. The normalized spacial score (nSPS) is 15.3. The van der Waals surface area contributed by atoms with Crippen molar-refractivity contribution in [3.63, 3.8) is 0 Å². The molecule has 0 aromatic heterocycles. The van der Waals surface area contributed by atoms with Crippen LogP contribution >= 0.6 is 11.6 Å². The molecule has 5 heteroatoms. The van der Waals surface area contributed by atoms with Crippen LogP contribution < -0.4 is 5.32 Å². The van der Waals surface area contributed by atoms with Crippen molar-refractivity contribution >= 4 is 23.4 Å². The Hall–Kier alpha value is -2.33. The Morgan fingerprint density at radius 3 is 2.42 bits per heavy atom. The van der Waals surface area contributed by atoms with Gasteiger partial charge in [-0.2, -0.15) is 0 Å². The molecule has 1 fully saturated rings. The summed E-state index contributed by atoms with van der Waals surface area (Å²) in [7, 11) is 0. The first-order valence-electron chi connectivity index (χ1n) is 11.4. The molecule has 3 rings (SSSR count). The van der Waals surface area contributed by atoms with Crippen LogP contribution in [0.1, 0.15) is 63.0 Å². The van der Waals surface area contributed by atoms with Gasteiger partial charge in [0, 0.05) is 30.5 Å². The number of hydrogen-bond donors (Lipinski definition) is 1. The van der Waals surface area contributed by atoms with E-state index in [1.54, 1.807) is 4.90 Å². The van der Waals surface area contributed by atoms with Gasteiger partial charge in [-0.25, -0.2) is 0 Å². The lowest BCUT2D eigenvalue weighted by Crippen LogP contribution is -2.52. The topological polar surface area (TPSA) is 49.4 Å². The van der Waals surface area contributed by atoms with Crippen LogP contribution in [0.25, 0.3) is 0 Å². The second-order valence-electron chi connectivity index (χ2n) is 8.45. The molecule has 1 unspecified atom stereocenters. The molecule has 0 saturated heterocycles. The number of benzene rings is 2. The summed E-state index contributed by atoms with van der Waals surface area (Å²) in [5, 5.41) is 3.89. The Labute approximate surface area is 191 Å². The lowest BCUT2D eigenvalue weighted by atomic mass is 9.94. The van der Waals surface area contributed by atoms with Crippen LogP contribution in [0, 0.1) is 0 Å². The van der Waals surface area contributed by atoms with Gasteiger partial charge >= 0.3 is 0 Å². The zero-order chi connectivity index (χ0) is 22.1. The summed E-state index contributed by atoms with van der Waals surface area (Å²) < 4.78 is 0. The lowest BCUT2D eigenvalue weighted by molar-refractivity contribution is -0.141. The molecule has 1 atom stereocenters. The van der Waals surface area contributed by atoms with Crippen molar-refractivity contribution in [2.75, 3.05) is 0 Å². The van der Waals surface area contributed by atoms with E-state index in [1.807, 2.05) is 61.5 Å². The van der Waals surface area contributed by atoms with Gasteiger partial charge in [0.25, 0.3) is 0 Å². The van der Waals surface area contributed by atoms with E-state index >= 15 is 0 Å². The number of rotatable bonds is 9. The highest BCUT2D eigenvalue weighted by Crippen LogP contribution is 2.21. The van der Waals surface area contributed by atoms with Gasteiger partial charge in [-0.05, 0) is 42.5 Å². The standard InChI is InChI=1S/C26H33ClN2O2/c1-2-10-25(30)29(19-21-13-9-14-22(27)17-21)24(18-20-11-5-3-6-12-20)26(31)28-23-15-7-4-8-16-23/h3,5-6,9,11-14,17,23-24H,2,4,7-8,10,15-16,18-19H2,1H3,(H,28,31). The van der Waals surface area contributed by atoms with Gasteiger partial charge in [-0.3, -0.25) is 9.59 Å². The second kappa shape index (κ2) is 11.9. The molecular weight excluding hydrogens is 408 g/mol. The minimum Gasteiger partial charge on any atom is -0.352 e. The number of halogens is 1. The van der Waals surface area contributed by atoms with Crippen LogP contribution in [0.5, 0.6) is 0 Å². The first-order valence-corrected chi connectivity index (χ1v) is 11.8. The highest BCUT2D eigenvalue weighted by molar-refractivity contribution is 6.30. The number of hydrogen-bond acceptors (Lipinski definition) is 2. The van der Waals surface area contributed by atoms with Gasteiger partial charge in [-0.1, -0.05) is 80.3 Å². The predicted molar refractivity (Wildman–Crippen MR) is 126 cm³/mol. The largest absolute Gasteiger partial charge is 0.352 e. The smallest absolute Gasteiger partial charge is 0.243 e. The van der Waals surface area contributed by atoms with Crippen molar-refractivity contribution < 1.29 is 9.59 Å². The molecule has 2 amide bonds. The van der Waals surface area contributed by atoms with Crippen molar-refractivity contribution in [3.05, 3.63) is 70.7 Å². The fraction of sp³-hybridized carbons (Fsp3) is 0.462. The molecule has 1 aliphatic carbocycles. The maximum atomic E-state index is 13.5. The zero-order valence-corrected chi connectivity index (χ0v) is 19.1. The fourth-order valence-corrected chi connectivity index (χ4v) is 4.50. The van der Waals surface area contributed by atoms with Crippen molar-refractivity contribution in [2.24, 2.45) is 0 Å². The van der Waals surface area contributed by atoms with E-state index in [0.29, 0.717) is 24.4 Å². The highest BCUT2D eigenvalue weighted by atomic mass is 35.5. The Kier molecular flexibility index (Phi) is 8.96. The van der Waals surface area contributed by atoms with Gasteiger partial charge < -0.3 is 10.2 Å². The molecular formula is C26H33ClN2O2. The number of carbonyl (C=O) groups is 2. The lowest BCUT2D eigenvalue weighted by Gasteiger charge is -2.33. The van der Waals surface area contributed by atoms with E-state index in [4.69, 9.17) is 11.6 Å². The SMILES string of the molecule is CCCC(=O)N(Cc1cccc(Cl)c1)C(Cc1ccccc1)C(=O)NC1CCCCC1. The van der Waals surface area contributed by atoms with Crippen LogP contribution in [-0.2, 0) is 22.6 Å². The zero-order valence-electron chi connectivity index (χ0n) is 18.4. The maximum Gasteiger partial charge on any atom is 0.243 e. The van der Waals surface area contributed by atoms with Crippen molar-refractivity contribution in [3.8, 4) is 0 Å². The van der Waals surface area contributed by atoms with Crippen LogP contribution in [0.3, 0.4) is 0 Å². The average molecular weight is 441 g/mol. The summed E-state index contributed by atoms with van der Waals surface area (Å²) in [4.78, 5) is 28.4. The summed E-state index contributed by atoms with van der Waals surface area (Å²) in [6.07, 6.45) is 7.22. The third kappa shape index (κ3) is 7.10. The van der Waals surface area contributed by atoms with Crippen LogP contribution in [0.4, 0.5) is 0 Å². The fourth-order valence-electron chi connectivity index (χ4n) is 4.29. The number of carbonyl (C=O) groups excluding carboxylic acids is 2. The molecule has 1 saturated carbocycles. The molecule has 1 aliphatic rings. The monoisotopic (exact) mass is 440 g/mol. The predicted octanol–water partition coefficient (Wildman–Crippen LogP) is 5.53. The van der Waals surface area contributed by atoms with E-state index in [2.05, 4.69) is 5.32 Å². The summed E-state index contributed by atoms with van der Waals surface area (Å²) in [6.45, 7) is 2.36. The summed E-state index contributed by atoms with van der Waals surface area (Å²) in [5.41, 5.74) is 1.98. The molecule has 0 spiro atoms. The molecule has 31 heavy (non-hydrogen) atoms. The van der Waals surface area contributed by atoms with E-state index in [1.165, 1.54) is 6.42 Å². The van der Waals surface area contributed by atoms with E-state index in [-0.39, 0.29) is 17.9 Å². The first kappa shape index (κ1) is 23.3. The maximum absolute atomic E-state index is 13.5. The highest BCUT2D eigenvalue weighted by Gasteiger charge is 2.31. The van der Waals surface area contributed by atoms with Crippen LogP contribution in [-0.4, -0.2) is 28.8 Å². The van der Waals surface area contributed by atoms with Gasteiger partial charge in [-0.15, -0.1) is 0 Å². The number of nitrogens with one attached hydrogen (secondary N) is 1. The number of amides is 2. The molecule has 0 radical (unpaired) electrons. The summed E-state index contributed by atoms with van der Waals surface area (Å²) in [6, 6.07) is 17.1. The Balaban J connectivity index is 1.88. The Morgan fingerprint density at radius 1 is 1.03 bits per heavy atom. The first-order chi connectivity index (χ1) is 15.1. The molecule has 0 aliphatic heterocycles. The molecule has 0 bridgehead atoms. The van der Waals surface area contributed by atoms with Gasteiger partial charge in [0.1, 0.15) is 6.04 Å². The third-order valence-electron chi connectivity index (χ3n) is 5.93. The van der Waals surface area contributed by atoms with Crippen molar-refractivity contribution in [1.29, 1.82) is 0 Å². The quantitative estimate of drug-likeness (QED) is 0.557. The Bertz CT molecular complexity index is 849. The minimum absolute atomic E-state index is 0.00204. The molecule has 166 valence electrons. The molecule has 0 heterocycles. The van der Waals surface area contributed by atoms with Gasteiger partial charge in [0.2, 0.25) is 11.8 Å². The van der Waals surface area contributed by atoms with Gasteiger partial charge in [0.15, 0.2) is 0 Å². The Morgan fingerprint density at radius 2 is 1.74 bits per heavy atom. The van der Waals surface area contributed by atoms with E-state index < -0.39 is 6.04 Å². The van der Waals surface area contributed by atoms with Crippen LogP contribution in [0.2, 0.25) is 5.02 Å². The van der Waals surface area contributed by atoms with Crippen molar-refractivity contribution in [2.45, 2.75) is 76.9 Å². The van der Waals surface area contributed by atoms with Crippen LogP contribution in [0.15, 0.2) is 54.6 Å². The summed E-state index contributed by atoms with van der Waals surface area (Å²) >= 11 is 6.19. The molecule has 1 N–H and O–H groups in total. The van der Waals surface area contributed by atoms with E-state index in [0.717, 1.165) is 43.2 Å². The molecule has 4 nitrogen and oxygen atoms in total. The molecule has 2 aromatic carbocycles. The van der Waals surface area contributed by atoms with Gasteiger partial charge in [0.05, 0.1) is 0 Å². The van der Waals surface area contributed by atoms with Crippen molar-refractivity contribution in [1.82, 2.24) is 10.2 Å². The molecule has 2 aromatic rings. The average Bonchev–Trinajstić information content (AvgIpc) is 2.77. The summed E-state index contributed by atoms with van der Waals surface area (Å²) in [5.74, 6) is -0.0514.